The second kappa shape index (κ2) is 15.8. The van der Waals surface area contributed by atoms with E-state index >= 15 is 0 Å². The molecule has 0 spiro atoms. The van der Waals surface area contributed by atoms with E-state index in [1.807, 2.05) is 0 Å². The van der Waals surface area contributed by atoms with E-state index in [1.165, 1.54) is 25.1 Å². The van der Waals surface area contributed by atoms with E-state index in [0.717, 1.165) is 5.56 Å². The average Bonchev–Trinajstić information content (AvgIpc) is 2.95. The fourth-order valence-electron chi connectivity index (χ4n) is 3.66. The van der Waals surface area contributed by atoms with Crippen LogP contribution >= 0.6 is 0 Å². The van der Waals surface area contributed by atoms with Crippen LogP contribution in [0.2, 0.25) is 0 Å². The highest BCUT2D eigenvalue weighted by molar-refractivity contribution is 6.03. The zero-order valence-corrected chi connectivity index (χ0v) is 23.2. The molecule has 12 heteroatoms. The van der Waals surface area contributed by atoms with Crippen molar-refractivity contribution in [1.82, 2.24) is 21.3 Å². The number of carboxylic acids is 1. The number of carbonyl (C=O) groups is 5. The summed E-state index contributed by atoms with van der Waals surface area (Å²) in [6.45, 7) is 4.39. The molecule has 2 aromatic carbocycles. The van der Waals surface area contributed by atoms with Crippen molar-refractivity contribution in [3.05, 3.63) is 71.4 Å². The van der Waals surface area contributed by atoms with E-state index < -0.39 is 54.3 Å². The maximum Gasteiger partial charge on any atom is 0.326 e. The van der Waals surface area contributed by atoms with Crippen LogP contribution in [0.1, 0.15) is 38.3 Å². The molecule has 0 aliphatic heterocycles. The minimum absolute atomic E-state index is 0.0833. The van der Waals surface area contributed by atoms with Gasteiger partial charge in [-0.25, -0.2) is 4.79 Å². The highest BCUT2D eigenvalue weighted by atomic mass is 16.4. The van der Waals surface area contributed by atoms with Gasteiger partial charge in [-0.15, -0.1) is 0 Å². The first kappa shape index (κ1) is 32.5. The molecule has 4 atom stereocenters. The van der Waals surface area contributed by atoms with Crippen LogP contribution in [0.4, 0.5) is 0 Å². The standard InChI is InChI=1S/C29H37N5O7/c1-4-17(2)25(29(40)41)34-28(39)23(15-19-8-6-5-7-9-19)33-24(36)16-31-26(37)18(3)32-27(38)22(30)14-20-10-12-21(35)13-11-20/h5-13,15,17-18,22,25,35H,4,14,16,30H2,1-3H3,(H,31,37)(H,32,38)(H,33,36)(H,34,39)(H,40,41)/b23-15+. The number of aromatic hydroxyl groups is 1. The third-order valence-electron chi connectivity index (χ3n) is 6.30. The Labute approximate surface area is 238 Å². The molecule has 4 amide bonds. The number of hydrogen-bond donors (Lipinski definition) is 7. The minimum atomic E-state index is -1.20. The molecule has 0 saturated heterocycles. The van der Waals surface area contributed by atoms with Crippen LogP contribution in [0.25, 0.3) is 6.08 Å². The van der Waals surface area contributed by atoms with Gasteiger partial charge in [-0.3, -0.25) is 19.2 Å². The Kier molecular flexibility index (Phi) is 12.5. The fourth-order valence-corrected chi connectivity index (χ4v) is 3.66. The lowest BCUT2D eigenvalue weighted by molar-refractivity contribution is -0.142. The molecule has 0 aliphatic rings. The van der Waals surface area contributed by atoms with Crippen LogP contribution in [-0.4, -0.2) is 64.5 Å². The molecule has 0 fully saturated rings. The normalized spacial score (nSPS) is 14.1. The molecular weight excluding hydrogens is 530 g/mol. The Morgan fingerprint density at radius 2 is 1.56 bits per heavy atom. The van der Waals surface area contributed by atoms with Gasteiger partial charge in [0.15, 0.2) is 0 Å². The van der Waals surface area contributed by atoms with E-state index in [4.69, 9.17) is 5.73 Å². The van der Waals surface area contributed by atoms with E-state index in [2.05, 4.69) is 21.3 Å². The monoisotopic (exact) mass is 567 g/mol. The summed E-state index contributed by atoms with van der Waals surface area (Å²) in [5.41, 5.74) is 7.04. The van der Waals surface area contributed by atoms with E-state index in [1.54, 1.807) is 56.3 Å². The number of carbonyl (C=O) groups excluding carboxylic acids is 4. The SMILES string of the molecule is CCC(C)C(NC(=O)/C(=C\c1ccccc1)NC(=O)CNC(=O)C(C)NC(=O)C(N)Cc1ccc(O)cc1)C(=O)O. The van der Waals surface area contributed by atoms with Crippen LogP contribution in [0.5, 0.6) is 5.75 Å². The lowest BCUT2D eigenvalue weighted by atomic mass is 9.99. The number of aliphatic carboxylic acids is 1. The Hall–Kier alpha value is -4.71. The Morgan fingerprint density at radius 3 is 2.15 bits per heavy atom. The molecule has 0 aliphatic carbocycles. The number of hydrogen-bond acceptors (Lipinski definition) is 7. The topological polar surface area (TPSA) is 200 Å². The van der Waals surface area contributed by atoms with Gasteiger partial charge in [-0.05, 0) is 48.6 Å². The average molecular weight is 568 g/mol. The highest BCUT2D eigenvalue weighted by Gasteiger charge is 2.27. The van der Waals surface area contributed by atoms with Gasteiger partial charge < -0.3 is 37.2 Å². The predicted octanol–water partition coefficient (Wildman–Crippen LogP) is 0.656. The van der Waals surface area contributed by atoms with Crippen molar-refractivity contribution in [2.75, 3.05) is 6.54 Å². The molecule has 4 unspecified atom stereocenters. The molecule has 8 N–H and O–H groups in total. The minimum Gasteiger partial charge on any atom is -0.508 e. The van der Waals surface area contributed by atoms with E-state index in [-0.39, 0.29) is 23.8 Å². The quantitative estimate of drug-likeness (QED) is 0.161. The van der Waals surface area contributed by atoms with Crippen LogP contribution in [-0.2, 0) is 30.4 Å². The summed E-state index contributed by atoms with van der Waals surface area (Å²) < 4.78 is 0. The third-order valence-corrected chi connectivity index (χ3v) is 6.30. The first-order valence-corrected chi connectivity index (χ1v) is 13.1. The maximum absolute atomic E-state index is 13.0. The summed E-state index contributed by atoms with van der Waals surface area (Å²) in [5.74, 6) is -4.27. The second-order valence-electron chi connectivity index (χ2n) is 9.62. The lowest BCUT2D eigenvalue weighted by Gasteiger charge is -2.21. The first-order chi connectivity index (χ1) is 19.4. The maximum atomic E-state index is 13.0. The van der Waals surface area contributed by atoms with Crippen LogP contribution < -0.4 is 27.0 Å². The van der Waals surface area contributed by atoms with E-state index in [9.17, 15) is 34.2 Å². The molecule has 41 heavy (non-hydrogen) atoms. The largest absolute Gasteiger partial charge is 0.508 e. The number of benzene rings is 2. The van der Waals surface area contributed by atoms with Crippen LogP contribution in [0, 0.1) is 5.92 Å². The summed E-state index contributed by atoms with van der Waals surface area (Å²) >= 11 is 0. The van der Waals surface area contributed by atoms with E-state index in [0.29, 0.717) is 12.0 Å². The molecule has 0 aromatic heterocycles. The molecule has 0 heterocycles. The van der Waals surface area contributed by atoms with Crippen molar-refractivity contribution in [3.8, 4) is 5.75 Å². The number of rotatable bonds is 14. The van der Waals surface area contributed by atoms with Gasteiger partial charge in [-0.2, -0.15) is 0 Å². The van der Waals surface area contributed by atoms with Gasteiger partial charge in [0.1, 0.15) is 23.5 Å². The summed E-state index contributed by atoms with van der Waals surface area (Å²) in [5, 5.41) is 28.7. The Morgan fingerprint density at radius 1 is 0.927 bits per heavy atom. The summed E-state index contributed by atoms with van der Waals surface area (Å²) in [6.07, 6.45) is 2.08. The van der Waals surface area contributed by atoms with Crippen molar-refractivity contribution in [2.24, 2.45) is 11.7 Å². The number of phenols is 1. The summed E-state index contributed by atoms with van der Waals surface area (Å²) in [4.78, 5) is 62.3. The number of phenolic OH excluding ortho intramolecular Hbond substituents is 1. The molecule has 2 rings (SSSR count). The van der Waals surface area contributed by atoms with Crippen molar-refractivity contribution in [2.45, 2.75) is 51.7 Å². The van der Waals surface area contributed by atoms with Gasteiger partial charge in [0, 0.05) is 0 Å². The Bertz CT molecular complexity index is 1250. The third kappa shape index (κ3) is 10.8. The van der Waals surface area contributed by atoms with Crippen molar-refractivity contribution >= 4 is 35.7 Å². The van der Waals surface area contributed by atoms with Gasteiger partial charge >= 0.3 is 5.97 Å². The lowest BCUT2D eigenvalue weighted by Crippen LogP contribution is -2.52. The Balaban J connectivity index is 1.99. The summed E-state index contributed by atoms with van der Waals surface area (Å²) in [6, 6.07) is 11.7. The smallest absolute Gasteiger partial charge is 0.326 e. The molecule has 0 saturated carbocycles. The van der Waals surface area contributed by atoms with Gasteiger partial charge in [0.25, 0.3) is 5.91 Å². The number of nitrogens with one attached hydrogen (secondary N) is 4. The molecule has 12 nitrogen and oxygen atoms in total. The van der Waals surface area contributed by atoms with Crippen molar-refractivity contribution in [3.63, 3.8) is 0 Å². The predicted molar refractivity (Wildman–Crippen MR) is 152 cm³/mol. The molecule has 0 radical (unpaired) electrons. The van der Waals surface area contributed by atoms with Crippen LogP contribution in [0.15, 0.2) is 60.3 Å². The van der Waals surface area contributed by atoms with Crippen LogP contribution in [0.3, 0.4) is 0 Å². The second-order valence-corrected chi connectivity index (χ2v) is 9.62. The molecule has 220 valence electrons. The van der Waals surface area contributed by atoms with Crippen molar-refractivity contribution in [1.29, 1.82) is 0 Å². The van der Waals surface area contributed by atoms with Gasteiger partial charge in [-0.1, -0.05) is 62.7 Å². The number of carboxylic acid groups (broad SMARTS) is 1. The highest BCUT2D eigenvalue weighted by Crippen LogP contribution is 2.12. The molecular formula is C29H37N5O7. The fraction of sp³-hybridized carbons (Fsp3) is 0.345. The number of amides is 4. The zero-order valence-electron chi connectivity index (χ0n) is 23.2. The zero-order chi connectivity index (χ0) is 30.5. The molecule has 2 aromatic rings. The molecule has 0 bridgehead atoms. The number of nitrogens with two attached hydrogens (primary N) is 1. The first-order valence-electron chi connectivity index (χ1n) is 13.1. The van der Waals surface area contributed by atoms with Crippen molar-refractivity contribution < 1.29 is 34.2 Å². The van der Waals surface area contributed by atoms with Gasteiger partial charge in [0.2, 0.25) is 17.7 Å². The summed E-state index contributed by atoms with van der Waals surface area (Å²) in [7, 11) is 0. The van der Waals surface area contributed by atoms with Gasteiger partial charge in [0.05, 0.1) is 12.6 Å².